The highest BCUT2D eigenvalue weighted by atomic mass is 16.5. The van der Waals surface area contributed by atoms with Crippen LogP contribution in [0.1, 0.15) is 17.2 Å². The average molecular weight is 401 g/mol. The van der Waals surface area contributed by atoms with Crippen LogP contribution in [0.25, 0.3) is 11.0 Å². The van der Waals surface area contributed by atoms with E-state index in [1.165, 1.54) is 12.7 Å². The van der Waals surface area contributed by atoms with E-state index in [-0.39, 0.29) is 0 Å². The second-order valence-corrected chi connectivity index (χ2v) is 7.26. The Kier molecular flexibility index (Phi) is 5.87. The summed E-state index contributed by atoms with van der Waals surface area (Å²) < 4.78 is 4.84. The van der Waals surface area contributed by atoms with Crippen LogP contribution < -0.4 is 4.90 Å². The van der Waals surface area contributed by atoms with Crippen molar-refractivity contribution >= 4 is 22.8 Å². The Labute approximate surface area is 175 Å². The molecule has 4 rings (SSSR count). The van der Waals surface area contributed by atoms with E-state index in [4.69, 9.17) is 9.72 Å². The number of methoxy groups -OCH3 is 1. The quantitative estimate of drug-likeness (QED) is 0.608. The minimum Gasteiger partial charge on any atom is -0.468 e. The van der Waals surface area contributed by atoms with Crippen LogP contribution in [0, 0.1) is 11.3 Å². The predicted octanol–water partition coefficient (Wildman–Crippen LogP) is 2.73. The molecule has 1 saturated heterocycles. The number of benzene rings is 2. The van der Waals surface area contributed by atoms with E-state index in [1.54, 1.807) is 0 Å². The molecule has 0 bridgehead atoms. The number of esters is 1. The van der Waals surface area contributed by atoms with Gasteiger partial charge in [0.1, 0.15) is 5.69 Å². The van der Waals surface area contributed by atoms with Crippen molar-refractivity contribution in [3.63, 3.8) is 0 Å². The smallest absolute Gasteiger partial charge is 0.329 e. The van der Waals surface area contributed by atoms with E-state index in [2.05, 4.69) is 39.0 Å². The van der Waals surface area contributed by atoms with Crippen LogP contribution in [0.15, 0.2) is 54.6 Å². The van der Waals surface area contributed by atoms with E-state index in [9.17, 15) is 10.1 Å². The zero-order valence-corrected chi connectivity index (χ0v) is 16.9. The van der Waals surface area contributed by atoms with Crippen molar-refractivity contribution in [2.75, 3.05) is 38.2 Å². The first-order valence-electron chi connectivity index (χ1n) is 9.95. The molecule has 2 aromatic carbocycles. The monoisotopic (exact) mass is 401 g/mol. The number of piperazine rings is 1. The van der Waals surface area contributed by atoms with Crippen LogP contribution in [0.5, 0.6) is 0 Å². The molecule has 7 heteroatoms. The van der Waals surface area contributed by atoms with Gasteiger partial charge in [-0.25, -0.2) is 9.97 Å². The molecule has 3 aromatic rings. The molecule has 7 nitrogen and oxygen atoms in total. The van der Waals surface area contributed by atoms with Gasteiger partial charge in [0.25, 0.3) is 0 Å². The number of ether oxygens (including phenoxy) is 1. The Morgan fingerprint density at radius 3 is 2.30 bits per heavy atom. The molecule has 0 radical (unpaired) electrons. The summed E-state index contributed by atoms with van der Waals surface area (Å²) in [5, 5.41) is 9.64. The number of para-hydroxylation sites is 2. The van der Waals surface area contributed by atoms with Gasteiger partial charge in [-0.2, -0.15) is 5.26 Å². The summed E-state index contributed by atoms with van der Waals surface area (Å²) in [4.78, 5) is 26.2. The molecule has 1 fully saturated rings. The average Bonchev–Trinajstić information content (AvgIpc) is 2.80. The Hall–Kier alpha value is -3.50. The largest absolute Gasteiger partial charge is 0.468 e. The van der Waals surface area contributed by atoms with E-state index in [1.807, 2.05) is 36.4 Å². The fraction of sp³-hybridized carbons (Fsp3) is 0.304. The number of hydrogen-bond donors (Lipinski definition) is 0. The van der Waals surface area contributed by atoms with E-state index < -0.39 is 11.9 Å². The molecule has 2 heterocycles. The van der Waals surface area contributed by atoms with Crippen LogP contribution in [0.2, 0.25) is 0 Å². The lowest BCUT2D eigenvalue weighted by Gasteiger charge is -2.36. The molecular weight excluding hydrogens is 378 g/mol. The third-order valence-corrected chi connectivity index (χ3v) is 5.34. The van der Waals surface area contributed by atoms with Gasteiger partial charge >= 0.3 is 5.97 Å². The summed E-state index contributed by atoms with van der Waals surface area (Å²) in [7, 11) is 1.28. The molecule has 30 heavy (non-hydrogen) atoms. The number of nitriles is 1. The summed E-state index contributed by atoms with van der Waals surface area (Å²) in [5.74, 6) is -1.14. The normalized spacial score (nSPS) is 15.5. The van der Waals surface area contributed by atoms with Gasteiger partial charge in [-0.05, 0) is 17.7 Å². The van der Waals surface area contributed by atoms with Crippen molar-refractivity contribution in [3.05, 3.63) is 65.9 Å². The Balaban J connectivity index is 1.61. The van der Waals surface area contributed by atoms with Gasteiger partial charge in [0.2, 0.25) is 0 Å². The maximum atomic E-state index is 12.2. The van der Waals surface area contributed by atoms with Crippen molar-refractivity contribution in [3.8, 4) is 6.07 Å². The van der Waals surface area contributed by atoms with Crippen LogP contribution in [-0.2, 0) is 16.1 Å². The lowest BCUT2D eigenvalue weighted by atomic mass is 10.1. The van der Waals surface area contributed by atoms with Gasteiger partial charge in [-0.1, -0.05) is 42.5 Å². The van der Waals surface area contributed by atoms with Gasteiger partial charge in [0.05, 0.1) is 24.2 Å². The molecule has 1 aliphatic rings. The SMILES string of the molecule is COC(=O)C(C#N)c1nc2ccccc2nc1N1CCN(Cc2ccccc2)CC1. The summed E-state index contributed by atoms with van der Waals surface area (Å²) in [6.45, 7) is 4.10. The Morgan fingerprint density at radius 2 is 1.67 bits per heavy atom. The molecule has 1 unspecified atom stereocenters. The van der Waals surface area contributed by atoms with Crippen molar-refractivity contribution in [2.45, 2.75) is 12.5 Å². The summed E-state index contributed by atoms with van der Waals surface area (Å²) >= 11 is 0. The topological polar surface area (TPSA) is 82.3 Å². The molecule has 1 aliphatic heterocycles. The minimum absolute atomic E-state index is 0.361. The number of anilines is 1. The number of aromatic nitrogens is 2. The first-order chi connectivity index (χ1) is 14.7. The highest BCUT2D eigenvalue weighted by Crippen LogP contribution is 2.28. The molecule has 0 saturated carbocycles. The number of carbonyl (C=O) groups excluding carboxylic acids is 1. The Morgan fingerprint density at radius 1 is 1.03 bits per heavy atom. The molecule has 0 aliphatic carbocycles. The van der Waals surface area contributed by atoms with Crippen molar-refractivity contribution < 1.29 is 9.53 Å². The highest BCUT2D eigenvalue weighted by molar-refractivity contribution is 5.85. The molecule has 0 N–H and O–H groups in total. The lowest BCUT2D eigenvalue weighted by Crippen LogP contribution is -2.46. The van der Waals surface area contributed by atoms with E-state index in [0.29, 0.717) is 17.0 Å². The van der Waals surface area contributed by atoms with Crippen molar-refractivity contribution in [1.82, 2.24) is 14.9 Å². The molecule has 152 valence electrons. The number of hydrogen-bond acceptors (Lipinski definition) is 7. The zero-order chi connectivity index (χ0) is 20.9. The minimum atomic E-state index is -1.11. The van der Waals surface area contributed by atoms with Gasteiger partial charge < -0.3 is 9.64 Å². The van der Waals surface area contributed by atoms with Gasteiger partial charge in [0.15, 0.2) is 11.7 Å². The molecule has 1 aromatic heterocycles. The number of carbonyl (C=O) groups is 1. The summed E-state index contributed by atoms with van der Waals surface area (Å²) in [5.41, 5.74) is 3.04. The van der Waals surface area contributed by atoms with Crippen LogP contribution >= 0.6 is 0 Å². The molecule has 1 atom stereocenters. The fourth-order valence-corrected chi connectivity index (χ4v) is 3.73. The molecular formula is C23H23N5O2. The second-order valence-electron chi connectivity index (χ2n) is 7.26. The number of rotatable bonds is 5. The van der Waals surface area contributed by atoms with Crippen LogP contribution in [0.4, 0.5) is 5.82 Å². The van der Waals surface area contributed by atoms with Crippen LogP contribution in [-0.4, -0.2) is 54.1 Å². The highest BCUT2D eigenvalue weighted by Gasteiger charge is 2.30. The molecule has 0 amide bonds. The standard InChI is InChI=1S/C23H23N5O2/c1-30-23(29)18(15-24)21-22(26-20-10-6-5-9-19(20)25-21)28-13-11-27(12-14-28)16-17-7-3-2-4-8-17/h2-10,18H,11-14,16H2,1H3. The lowest BCUT2D eigenvalue weighted by molar-refractivity contribution is -0.141. The first kappa shape index (κ1) is 19.8. The number of nitrogens with zero attached hydrogens (tertiary/aromatic N) is 5. The third kappa shape index (κ3) is 4.09. The predicted molar refractivity (Wildman–Crippen MR) is 114 cm³/mol. The third-order valence-electron chi connectivity index (χ3n) is 5.34. The van der Waals surface area contributed by atoms with Crippen molar-refractivity contribution in [1.29, 1.82) is 5.26 Å². The van der Waals surface area contributed by atoms with Crippen molar-refractivity contribution in [2.24, 2.45) is 0 Å². The maximum absolute atomic E-state index is 12.2. The summed E-state index contributed by atoms with van der Waals surface area (Å²) in [6.07, 6.45) is 0. The second kappa shape index (κ2) is 8.89. The van der Waals surface area contributed by atoms with E-state index >= 15 is 0 Å². The fourth-order valence-electron chi connectivity index (χ4n) is 3.73. The summed E-state index contributed by atoms with van der Waals surface area (Å²) in [6, 6.07) is 19.9. The van der Waals surface area contributed by atoms with E-state index in [0.717, 1.165) is 38.2 Å². The number of fused-ring (bicyclic) bond motifs is 1. The first-order valence-corrected chi connectivity index (χ1v) is 9.95. The zero-order valence-electron chi connectivity index (χ0n) is 16.9. The maximum Gasteiger partial charge on any atom is 0.329 e. The molecule has 0 spiro atoms. The Bertz CT molecular complexity index is 1070. The van der Waals surface area contributed by atoms with Gasteiger partial charge in [0, 0.05) is 32.7 Å². The van der Waals surface area contributed by atoms with Crippen LogP contribution in [0.3, 0.4) is 0 Å². The van der Waals surface area contributed by atoms with Gasteiger partial charge in [-0.15, -0.1) is 0 Å². The van der Waals surface area contributed by atoms with Gasteiger partial charge in [-0.3, -0.25) is 9.69 Å².